The van der Waals surface area contributed by atoms with Crippen molar-refractivity contribution in [2.24, 2.45) is 5.92 Å². The monoisotopic (exact) mass is 341 g/mol. The fraction of sp³-hybridized carbons (Fsp3) is 0.474. The summed E-state index contributed by atoms with van der Waals surface area (Å²) in [6.07, 6.45) is 5.65. The molecule has 25 heavy (non-hydrogen) atoms. The first-order chi connectivity index (χ1) is 12.2. The molecule has 0 radical (unpaired) electrons. The predicted octanol–water partition coefficient (Wildman–Crippen LogP) is 2.27. The van der Waals surface area contributed by atoms with Gasteiger partial charge in [-0.2, -0.15) is 5.10 Å². The van der Waals surface area contributed by atoms with Gasteiger partial charge in [0, 0.05) is 25.2 Å². The molecule has 4 rings (SSSR count). The highest BCUT2D eigenvalue weighted by Gasteiger charge is 2.44. The number of benzene rings is 1. The molecule has 132 valence electrons. The second-order valence-electron chi connectivity index (χ2n) is 6.78. The minimum Gasteiger partial charge on any atom is -0.486 e. The van der Waals surface area contributed by atoms with E-state index in [0.29, 0.717) is 25.7 Å². The molecule has 0 saturated heterocycles. The van der Waals surface area contributed by atoms with E-state index >= 15 is 0 Å². The van der Waals surface area contributed by atoms with Crippen molar-refractivity contribution < 1.29 is 14.3 Å². The van der Waals surface area contributed by atoms with Gasteiger partial charge in [-0.05, 0) is 48.9 Å². The number of rotatable bonds is 6. The lowest BCUT2D eigenvalue weighted by molar-refractivity contribution is -0.122. The van der Waals surface area contributed by atoms with Gasteiger partial charge in [-0.25, -0.2) is 0 Å². The maximum Gasteiger partial charge on any atom is 0.223 e. The van der Waals surface area contributed by atoms with Crippen LogP contribution < -0.4 is 14.8 Å². The number of nitrogens with one attached hydrogen (secondary N) is 1. The molecular formula is C19H23N3O3. The molecule has 2 aromatic rings. The fourth-order valence-corrected chi connectivity index (χ4v) is 3.32. The minimum absolute atomic E-state index is 0.0782. The van der Waals surface area contributed by atoms with E-state index in [2.05, 4.69) is 10.4 Å². The number of fused-ring (bicyclic) bond motifs is 1. The van der Waals surface area contributed by atoms with E-state index in [1.165, 1.54) is 0 Å². The van der Waals surface area contributed by atoms with Crippen molar-refractivity contribution in [3.63, 3.8) is 0 Å². The molecule has 6 heteroatoms. The molecule has 0 spiro atoms. The maximum atomic E-state index is 12.3. The first-order valence-electron chi connectivity index (χ1n) is 8.87. The summed E-state index contributed by atoms with van der Waals surface area (Å²) in [5, 5.41) is 7.30. The van der Waals surface area contributed by atoms with Crippen molar-refractivity contribution in [3.8, 4) is 11.5 Å². The van der Waals surface area contributed by atoms with Gasteiger partial charge >= 0.3 is 0 Å². The molecule has 1 saturated carbocycles. The Morgan fingerprint density at radius 3 is 2.96 bits per heavy atom. The Bertz CT molecular complexity index is 771. The first kappa shape index (κ1) is 16.0. The summed E-state index contributed by atoms with van der Waals surface area (Å²) in [4.78, 5) is 12.3. The van der Waals surface area contributed by atoms with Gasteiger partial charge in [0.2, 0.25) is 5.91 Å². The van der Waals surface area contributed by atoms with Gasteiger partial charge < -0.3 is 14.8 Å². The van der Waals surface area contributed by atoms with Crippen molar-refractivity contribution >= 4 is 5.91 Å². The summed E-state index contributed by atoms with van der Waals surface area (Å²) in [6, 6.07) is 6.02. The van der Waals surface area contributed by atoms with Crippen LogP contribution in [0.2, 0.25) is 0 Å². The largest absolute Gasteiger partial charge is 0.486 e. The van der Waals surface area contributed by atoms with Gasteiger partial charge in [-0.1, -0.05) is 6.07 Å². The number of aromatic nitrogens is 2. The lowest BCUT2D eigenvalue weighted by Crippen LogP contribution is -2.27. The maximum absolute atomic E-state index is 12.3. The zero-order valence-corrected chi connectivity index (χ0v) is 14.4. The summed E-state index contributed by atoms with van der Waals surface area (Å²) in [7, 11) is 0. The highest BCUT2D eigenvalue weighted by molar-refractivity contribution is 5.82. The first-order valence-corrected chi connectivity index (χ1v) is 8.87. The van der Waals surface area contributed by atoms with Crippen LogP contribution in [0, 0.1) is 12.8 Å². The van der Waals surface area contributed by atoms with E-state index in [1.807, 2.05) is 42.2 Å². The Kier molecular flexibility index (Phi) is 4.34. The summed E-state index contributed by atoms with van der Waals surface area (Å²) in [5.74, 6) is 2.12. The molecule has 1 aliphatic carbocycles. The van der Waals surface area contributed by atoms with E-state index in [1.54, 1.807) is 0 Å². The van der Waals surface area contributed by atoms with Gasteiger partial charge in [0.05, 0.1) is 6.20 Å². The van der Waals surface area contributed by atoms with Crippen LogP contribution in [-0.2, 0) is 11.3 Å². The molecule has 1 aromatic carbocycles. The smallest absolute Gasteiger partial charge is 0.223 e. The average molecular weight is 341 g/mol. The zero-order valence-electron chi connectivity index (χ0n) is 14.4. The van der Waals surface area contributed by atoms with Crippen LogP contribution in [0.1, 0.15) is 29.9 Å². The summed E-state index contributed by atoms with van der Waals surface area (Å²) in [5.41, 5.74) is 2.32. The number of carbonyl (C=O) groups is 1. The fourth-order valence-electron chi connectivity index (χ4n) is 3.32. The van der Waals surface area contributed by atoms with E-state index in [-0.39, 0.29) is 11.8 Å². The van der Waals surface area contributed by atoms with Crippen molar-refractivity contribution in [1.29, 1.82) is 0 Å². The van der Waals surface area contributed by atoms with Crippen LogP contribution in [0.5, 0.6) is 11.5 Å². The van der Waals surface area contributed by atoms with Gasteiger partial charge in [0.25, 0.3) is 0 Å². The number of amides is 1. The highest BCUT2D eigenvalue weighted by Crippen LogP contribution is 2.49. The number of aryl methyl sites for hydroxylation is 2. The molecule has 0 bridgehead atoms. The Hall–Kier alpha value is -2.50. The van der Waals surface area contributed by atoms with Crippen molar-refractivity contribution in [3.05, 3.63) is 41.7 Å². The third-order valence-electron chi connectivity index (χ3n) is 4.75. The quantitative estimate of drug-likeness (QED) is 0.819. The third-order valence-corrected chi connectivity index (χ3v) is 4.75. The van der Waals surface area contributed by atoms with Crippen LogP contribution in [0.15, 0.2) is 30.6 Å². The molecule has 2 atom stereocenters. The number of hydrogen-bond acceptors (Lipinski definition) is 4. The predicted molar refractivity (Wildman–Crippen MR) is 92.9 cm³/mol. The molecule has 2 heterocycles. The van der Waals surface area contributed by atoms with Gasteiger partial charge in [0.15, 0.2) is 11.5 Å². The van der Waals surface area contributed by atoms with Gasteiger partial charge in [-0.15, -0.1) is 0 Å². The summed E-state index contributed by atoms with van der Waals surface area (Å²) in [6.45, 7) is 4.71. The second-order valence-corrected chi connectivity index (χ2v) is 6.78. The molecule has 1 fully saturated rings. The van der Waals surface area contributed by atoms with Gasteiger partial charge in [0.1, 0.15) is 13.2 Å². The topological polar surface area (TPSA) is 65.4 Å². The molecule has 6 nitrogen and oxygen atoms in total. The van der Waals surface area contributed by atoms with Crippen LogP contribution in [0.3, 0.4) is 0 Å². The number of ether oxygens (including phenoxy) is 2. The van der Waals surface area contributed by atoms with Crippen LogP contribution in [-0.4, -0.2) is 35.4 Å². The number of carbonyl (C=O) groups excluding carboxylic acids is 1. The highest BCUT2D eigenvalue weighted by atomic mass is 16.6. The lowest BCUT2D eigenvalue weighted by Gasteiger charge is -2.18. The third kappa shape index (κ3) is 3.62. The zero-order chi connectivity index (χ0) is 17.2. The molecule has 0 unspecified atom stereocenters. The standard InChI is InChI=1S/C19H23N3O3/c1-13-11-21-22(12-13)6-2-5-20-19(23)16-10-15(16)14-3-4-17-18(9-14)25-8-7-24-17/h3-4,9,11-12,15-16H,2,5-8,10H2,1H3,(H,20,23)/t15-,16+/m0/s1. The molecular weight excluding hydrogens is 318 g/mol. The van der Waals surface area contributed by atoms with Crippen molar-refractivity contribution in [2.75, 3.05) is 19.8 Å². The molecule has 2 aliphatic rings. The average Bonchev–Trinajstić information content (AvgIpc) is 3.33. The van der Waals surface area contributed by atoms with Crippen LogP contribution in [0.4, 0.5) is 0 Å². The summed E-state index contributed by atoms with van der Waals surface area (Å²) < 4.78 is 13.1. The molecule has 1 amide bonds. The second kappa shape index (κ2) is 6.78. The summed E-state index contributed by atoms with van der Waals surface area (Å²) >= 11 is 0. The number of hydrogen-bond donors (Lipinski definition) is 1. The van der Waals surface area contributed by atoms with E-state index in [4.69, 9.17) is 9.47 Å². The molecule has 1 aliphatic heterocycles. The Morgan fingerprint density at radius 2 is 2.16 bits per heavy atom. The van der Waals surface area contributed by atoms with E-state index in [9.17, 15) is 4.79 Å². The van der Waals surface area contributed by atoms with Crippen molar-refractivity contribution in [2.45, 2.75) is 32.2 Å². The van der Waals surface area contributed by atoms with Crippen LogP contribution in [0.25, 0.3) is 0 Å². The molecule has 1 N–H and O–H groups in total. The Morgan fingerprint density at radius 1 is 1.32 bits per heavy atom. The number of nitrogens with zero attached hydrogens (tertiary/aromatic N) is 2. The van der Waals surface area contributed by atoms with Gasteiger partial charge in [-0.3, -0.25) is 9.48 Å². The lowest BCUT2D eigenvalue weighted by atomic mass is 10.1. The van der Waals surface area contributed by atoms with E-state index < -0.39 is 0 Å². The minimum atomic E-state index is 0.0782. The molecule has 1 aromatic heterocycles. The normalized spacial score (nSPS) is 21.0. The SMILES string of the molecule is Cc1cnn(CCCNC(=O)[C@@H]2C[C@H]2c2ccc3c(c2)OCCO3)c1. The van der Waals surface area contributed by atoms with E-state index in [0.717, 1.165) is 42.0 Å². The van der Waals surface area contributed by atoms with Crippen molar-refractivity contribution in [1.82, 2.24) is 15.1 Å². The Labute approximate surface area is 147 Å². The van der Waals surface area contributed by atoms with Crippen LogP contribution >= 0.6 is 0 Å². The Balaban J connectivity index is 1.24.